The standard InChI is InChI=1S/C21H18N2O6S/c1-12-7-16-17(29-11-28-16)8-13(12)9-18-20(25)23(21(26)30-18)10-19(24)22-14-3-5-15(27-2)6-4-14/h3-9H,10-11H2,1-2H3,(H,22,24)/b18-9+. The molecule has 2 aliphatic heterocycles. The Hall–Kier alpha value is -3.46. The summed E-state index contributed by atoms with van der Waals surface area (Å²) in [6, 6.07) is 10.3. The van der Waals surface area contributed by atoms with Gasteiger partial charge in [-0.25, -0.2) is 0 Å². The van der Waals surface area contributed by atoms with E-state index >= 15 is 0 Å². The average molecular weight is 426 g/mol. The Morgan fingerprint density at radius 2 is 1.90 bits per heavy atom. The number of amides is 3. The molecule has 9 heteroatoms. The summed E-state index contributed by atoms with van der Waals surface area (Å²) >= 11 is 0.802. The molecule has 0 unspecified atom stereocenters. The number of hydrogen-bond acceptors (Lipinski definition) is 7. The maximum absolute atomic E-state index is 12.7. The Kier molecular flexibility index (Phi) is 5.37. The maximum Gasteiger partial charge on any atom is 0.294 e. The van der Waals surface area contributed by atoms with Crippen LogP contribution in [0.5, 0.6) is 17.2 Å². The lowest BCUT2D eigenvalue weighted by atomic mass is 10.1. The van der Waals surface area contributed by atoms with Crippen molar-refractivity contribution in [1.29, 1.82) is 0 Å². The fourth-order valence-corrected chi connectivity index (χ4v) is 3.84. The number of benzene rings is 2. The number of methoxy groups -OCH3 is 1. The second-order valence-electron chi connectivity index (χ2n) is 6.61. The van der Waals surface area contributed by atoms with Crippen LogP contribution in [0.15, 0.2) is 41.3 Å². The van der Waals surface area contributed by atoms with Crippen molar-refractivity contribution in [2.24, 2.45) is 0 Å². The number of nitrogens with zero attached hydrogens (tertiary/aromatic N) is 1. The molecule has 0 saturated carbocycles. The molecule has 30 heavy (non-hydrogen) atoms. The summed E-state index contributed by atoms with van der Waals surface area (Å²) in [5, 5.41) is 2.17. The van der Waals surface area contributed by atoms with Crippen LogP contribution in [-0.4, -0.2) is 42.4 Å². The van der Waals surface area contributed by atoms with E-state index in [1.54, 1.807) is 43.5 Å². The zero-order valence-corrected chi connectivity index (χ0v) is 17.1. The molecule has 8 nitrogen and oxygen atoms in total. The first-order valence-electron chi connectivity index (χ1n) is 9.04. The highest BCUT2D eigenvalue weighted by molar-refractivity contribution is 8.18. The molecule has 2 aromatic rings. The van der Waals surface area contributed by atoms with Crippen LogP contribution >= 0.6 is 11.8 Å². The zero-order valence-electron chi connectivity index (χ0n) is 16.3. The Bertz CT molecular complexity index is 1060. The van der Waals surface area contributed by atoms with E-state index in [9.17, 15) is 14.4 Å². The first kappa shape index (κ1) is 19.8. The molecular weight excluding hydrogens is 408 g/mol. The number of fused-ring (bicyclic) bond motifs is 1. The normalized spacial score (nSPS) is 16.3. The Balaban J connectivity index is 1.46. The number of carbonyl (C=O) groups is 3. The summed E-state index contributed by atoms with van der Waals surface area (Å²) < 4.78 is 15.8. The van der Waals surface area contributed by atoms with Gasteiger partial charge in [0, 0.05) is 5.69 Å². The number of hydrogen-bond donors (Lipinski definition) is 1. The van der Waals surface area contributed by atoms with Gasteiger partial charge in [0.15, 0.2) is 11.5 Å². The minimum atomic E-state index is -0.507. The van der Waals surface area contributed by atoms with Crippen molar-refractivity contribution in [3.8, 4) is 17.2 Å². The highest BCUT2D eigenvalue weighted by Gasteiger charge is 2.36. The second-order valence-corrected chi connectivity index (χ2v) is 7.60. The molecule has 154 valence electrons. The molecule has 0 aromatic heterocycles. The maximum atomic E-state index is 12.7. The minimum Gasteiger partial charge on any atom is -0.497 e. The minimum absolute atomic E-state index is 0.151. The van der Waals surface area contributed by atoms with E-state index in [1.807, 2.05) is 13.0 Å². The van der Waals surface area contributed by atoms with Crippen LogP contribution in [0.3, 0.4) is 0 Å². The van der Waals surface area contributed by atoms with Gasteiger partial charge < -0.3 is 19.5 Å². The number of carbonyl (C=O) groups excluding carboxylic acids is 3. The molecule has 0 spiro atoms. The van der Waals surface area contributed by atoms with Crippen LogP contribution < -0.4 is 19.5 Å². The van der Waals surface area contributed by atoms with Gasteiger partial charge in [0.2, 0.25) is 12.7 Å². The number of anilines is 1. The van der Waals surface area contributed by atoms with Crippen LogP contribution in [0, 0.1) is 6.92 Å². The van der Waals surface area contributed by atoms with Crippen molar-refractivity contribution < 1.29 is 28.6 Å². The molecule has 0 radical (unpaired) electrons. The number of imide groups is 1. The summed E-state index contributed by atoms with van der Waals surface area (Å²) in [6.07, 6.45) is 1.63. The van der Waals surface area contributed by atoms with Gasteiger partial charge in [-0.3, -0.25) is 19.3 Å². The SMILES string of the molecule is COc1ccc(NC(=O)CN2C(=O)S/C(=C/c3cc4c(cc3C)OCO4)C2=O)cc1. The third-order valence-electron chi connectivity index (χ3n) is 4.60. The monoisotopic (exact) mass is 426 g/mol. The van der Waals surface area contributed by atoms with Crippen LogP contribution in [0.4, 0.5) is 10.5 Å². The van der Waals surface area contributed by atoms with E-state index in [0.717, 1.165) is 27.8 Å². The third-order valence-corrected chi connectivity index (χ3v) is 5.50. The Morgan fingerprint density at radius 3 is 2.60 bits per heavy atom. The first-order chi connectivity index (χ1) is 14.4. The summed E-state index contributed by atoms with van der Waals surface area (Å²) in [4.78, 5) is 38.5. The molecule has 2 aliphatic rings. The molecule has 0 atom stereocenters. The third kappa shape index (κ3) is 3.97. The summed E-state index contributed by atoms with van der Waals surface area (Å²) in [5.74, 6) is 0.913. The summed E-state index contributed by atoms with van der Waals surface area (Å²) in [6.45, 7) is 1.66. The van der Waals surface area contributed by atoms with E-state index in [2.05, 4.69) is 5.32 Å². The number of aryl methyl sites for hydroxylation is 1. The molecule has 1 fully saturated rings. The molecule has 0 aliphatic carbocycles. The molecule has 2 aromatic carbocycles. The largest absolute Gasteiger partial charge is 0.497 e. The van der Waals surface area contributed by atoms with Crippen LogP contribution in [0.2, 0.25) is 0 Å². The van der Waals surface area contributed by atoms with Crippen LogP contribution in [0.1, 0.15) is 11.1 Å². The lowest BCUT2D eigenvalue weighted by Crippen LogP contribution is -2.36. The number of nitrogens with one attached hydrogen (secondary N) is 1. The van der Waals surface area contributed by atoms with Gasteiger partial charge in [0.1, 0.15) is 12.3 Å². The van der Waals surface area contributed by atoms with Crippen molar-refractivity contribution in [1.82, 2.24) is 4.90 Å². The zero-order chi connectivity index (χ0) is 21.3. The van der Waals surface area contributed by atoms with Gasteiger partial charge in [0.05, 0.1) is 12.0 Å². The number of thioether (sulfide) groups is 1. The molecular formula is C21H18N2O6S. The predicted molar refractivity (Wildman–Crippen MR) is 112 cm³/mol. The molecule has 1 N–H and O–H groups in total. The van der Waals surface area contributed by atoms with E-state index in [-0.39, 0.29) is 18.2 Å². The summed E-state index contributed by atoms with van der Waals surface area (Å²) in [5.41, 5.74) is 2.16. The van der Waals surface area contributed by atoms with Gasteiger partial charge in [-0.2, -0.15) is 0 Å². The predicted octanol–water partition coefficient (Wildman–Crippen LogP) is 3.41. The topological polar surface area (TPSA) is 94.2 Å². The lowest BCUT2D eigenvalue weighted by molar-refractivity contribution is -0.127. The fraction of sp³-hybridized carbons (Fsp3) is 0.190. The molecule has 0 bridgehead atoms. The Labute approximate surface area is 176 Å². The van der Waals surface area contributed by atoms with E-state index < -0.39 is 17.1 Å². The fourth-order valence-electron chi connectivity index (χ4n) is 3.01. The number of rotatable bonds is 5. The molecule has 1 saturated heterocycles. The van der Waals surface area contributed by atoms with Crippen LogP contribution in [-0.2, 0) is 9.59 Å². The molecule has 2 heterocycles. The lowest BCUT2D eigenvalue weighted by Gasteiger charge is -2.12. The van der Waals surface area contributed by atoms with Crippen molar-refractivity contribution in [2.75, 3.05) is 25.8 Å². The van der Waals surface area contributed by atoms with Crippen molar-refractivity contribution in [3.63, 3.8) is 0 Å². The number of ether oxygens (including phenoxy) is 3. The van der Waals surface area contributed by atoms with Gasteiger partial charge >= 0.3 is 0 Å². The molecule has 3 amide bonds. The van der Waals surface area contributed by atoms with Gasteiger partial charge in [-0.1, -0.05) is 0 Å². The van der Waals surface area contributed by atoms with Gasteiger partial charge in [0.25, 0.3) is 11.1 Å². The highest BCUT2D eigenvalue weighted by Crippen LogP contribution is 2.38. The highest BCUT2D eigenvalue weighted by atomic mass is 32.2. The van der Waals surface area contributed by atoms with Crippen molar-refractivity contribution >= 4 is 40.6 Å². The van der Waals surface area contributed by atoms with E-state index in [4.69, 9.17) is 14.2 Å². The average Bonchev–Trinajstić information content (AvgIpc) is 3.28. The molecule has 4 rings (SSSR count). The first-order valence-corrected chi connectivity index (χ1v) is 9.86. The Morgan fingerprint density at radius 1 is 1.20 bits per heavy atom. The van der Waals surface area contributed by atoms with E-state index in [0.29, 0.717) is 22.9 Å². The van der Waals surface area contributed by atoms with Crippen molar-refractivity contribution in [2.45, 2.75) is 6.92 Å². The van der Waals surface area contributed by atoms with E-state index in [1.165, 1.54) is 0 Å². The summed E-state index contributed by atoms with van der Waals surface area (Å²) in [7, 11) is 1.55. The van der Waals surface area contributed by atoms with Crippen molar-refractivity contribution in [3.05, 3.63) is 52.4 Å². The van der Waals surface area contributed by atoms with Gasteiger partial charge in [-0.15, -0.1) is 0 Å². The smallest absolute Gasteiger partial charge is 0.294 e. The van der Waals surface area contributed by atoms with Gasteiger partial charge in [-0.05, 0) is 72.3 Å². The second kappa shape index (κ2) is 8.11. The van der Waals surface area contributed by atoms with Crippen LogP contribution in [0.25, 0.3) is 6.08 Å². The quantitative estimate of drug-likeness (QED) is 0.732.